The molecule has 2 heteroatoms. The maximum absolute atomic E-state index is 8.87. The predicted molar refractivity (Wildman–Crippen MR) is 43.8 cm³/mol. The first kappa shape index (κ1) is 9.44. The topological polar surface area (TPSA) is 20.2 Å². The van der Waals surface area contributed by atoms with Crippen molar-refractivity contribution in [2.75, 3.05) is 11.9 Å². The van der Waals surface area contributed by atoms with E-state index < -0.39 is 0 Å². The molecule has 0 heterocycles. The molecule has 0 spiro atoms. The summed E-state index contributed by atoms with van der Waals surface area (Å²) in [6.45, 7) is 6.53. The minimum atomic E-state index is 0.0590. The molecule has 0 saturated carbocycles. The smallest absolute Gasteiger partial charge is 0.0484 e. The minimum absolute atomic E-state index is 0.0590. The quantitative estimate of drug-likeness (QED) is 0.683. The zero-order valence-electron chi connectivity index (χ0n) is 6.32. The van der Waals surface area contributed by atoms with Gasteiger partial charge in [-0.05, 0) is 11.3 Å². The first-order valence-corrected chi connectivity index (χ1v) is 4.33. The largest absolute Gasteiger partial charge is 0.396 e. The van der Waals surface area contributed by atoms with Crippen LogP contribution in [0.25, 0.3) is 0 Å². The van der Waals surface area contributed by atoms with Gasteiger partial charge in [-0.2, -0.15) is 0 Å². The zero-order chi connectivity index (χ0) is 7.49. The third-order valence-electron chi connectivity index (χ3n) is 1.97. The molecule has 0 saturated heterocycles. The van der Waals surface area contributed by atoms with Gasteiger partial charge in [-0.3, -0.25) is 0 Å². The monoisotopic (exact) mass is 194 g/mol. The number of hydrogen-bond acceptors (Lipinski definition) is 1. The Morgan fingerprint density at radius 2 is 2.00 bits per heavy atom. The number of aliphatic hydroxyl groups excluding tert-OH is 1. The van der Waals surface area contributed by atoms with Gasteiger partial charge in [0.2, 0.25) is 0 Å². The van der Waals surface area contributed by atoms with Crippen LogP contribution in [0.15, 0.2) is 0 Å². The second-order valence-electron chi connectivity index (χ2n) is 3.20. The normalized spacial score (nSPS) is 15.7. The summed E-state index contributed by atoms with van der Waals surface area (Å²) in [7, 11) is 0. The maximum atomic E-state index is 8.87. The van der Waals surface area contributed by atoms with E-state index in [-0.39, 0.29) is 12.0 Å². The molecule has 0 fully saturated rings. The third kappa shape index (κ3) is 2.67. The van der Waals surface area contributed by atoms with Gasteiger partial charge in [0.05, 0.1) is 0 Å². The van der Waals surface area contributed by atoms with Gasteiger partial charge in [0.1, 0.15) is 0 Å². The SMILES string of the molecule is CC(CBr)C(C)(C)CO. The summed E-state index contributed by atoms with van der Waals surface area (Å²) in [5.41, 5.74) is 0.0590. The predicted octanol–water partition coefficient (Wildman–Crippen LogP) is 2.04. The van der Waals surface area contributed by atoms with Crippen LogP contribution in [-0.2, 0) is 0 Å². The van der Waals surface area contributed by atoms with Crippen molar-refractivity contribution in [3.8, 4) is 0 Å². The molecule has 0 aromatic heterocycles. The van der Waals surface area contributed by atoms with E-state index >= 15 is 0 Å². The van der Waals surface area contributed by atoms with Crippen molar-refractivity contribution in [2.45, 2.75) is 20.8 Å². The van der Waals surface area contributed by atoms with E-state index in [0.29, 0.717) is 5.92 Å². The van der Waals surface area contributed by atoms with Gasteiger partial charge in [-0.15, -0.1) is 0 Å². The number of aliphatic hydroxyl groups is 1. The minimum Gasteiger partial charge on any atom is -0.396 e. The molecule has 0 amide bonds. The highest BCUT2D eigenvalue weighted by Gasteiger charge is 2.23. The Morgan fingerprint density at radius 3 is 2.11 bits per heavy atom. The third-order valence-corrected chi connectivity index (χ3v) is 2.94. The van der Waals surface area contributed by atoms with Gasteiger partial charge < -0.3 is 5.11 Å². The van der Waals surface area contributed by atoms with Gasteiger partial charge in [0.15, 0.2) is 0 Å². The molecule has 1 N–H and O–H groups in total. The van der Waals surface area contributed by atoms with Crippen molar-refractivity contribution in [2.24, 2.45) is 11.3 Å². The molecule has 1 nitrogen and oxygen atoms in total. The average Bonchev–Trinajstić information content (AvgIpc) is 1.86. The van der Waals surface area contributed by atoms with E-state index in [9.17, 15) is 0 Å². The number of rotatable bonds is 3. The van der Waals surface area contributed by atoms with Crippen molar-refractivity contribution in [3.05, 3.63) is 0 Å². The lowest BCUT2D eigenvalue weighted by Crippen LogP contribution is -2.26. The summed E-state index contributed by atoms with van der Waals surface area (Å²) in [5, 5.41) is 9.83. The van der Waals surface area contributed by atoms with Crippen LogP contribution in [0.1, 0.15) is 20.8 Å². The maximum Gasteiger partial charge on any atom is 0.0484 e. The highest BCUT2D eigenvalue weighted by molar-refractivity contribution is 9.09. The van der Waals surface area contributed by atoms with Gasteiger partial charge in [-0.1, -0.05) is 36.7 Å². The lowest BCUT2D eigenvalue weighted by molar-refractivity contribution is 0.116. The Bertz CT molecular complexity index is 81.0. The van der Waals surface area contributed by atoms with Crippen molar-refractivity contribution in [3.63, 3.8) is 0 Å². The summed E-state index contributed by atoms with van der Waals surface area (Å²) >= 11 is 3.38. The fourth-order valence-corrected chi connectivity index (χ4v) is 1.24. The Kier molecular flexibility index (Phi) is 3.74. The average molecular weight is 195 g/mol. The van der Waals surface area contributed by atoms with Crippen molar-refractivity contribution < 1.29 is 5.11 Å². The molecule has 9 heavy (non-hydrogen) atoms. The Morgan fingerprint density at radius 1 is 1.56 bits per heavy atom. The molecule has 0 aromatic carbocycles. The van der Waals surface area contributed by atoms with Crippen LogP contribution in [0, 0.1) is 11.3 Å². The Labute approximate surface area is 65.6 Å². The standard InChI is InChI=1S/C7H15BrO/c1-6(4-8)7(2,3)5-9/h6,9H,4-5H2,1-3H3. The van der Waals surface area contributed by atoms with Crippen LogP contribution < -0.4 is 0 Å². The molecule has 1 unspecified atom stereocenters. The molecule has 0 aliphatic rings. The van der Waals surface area contributed by atoms with E-state index in [1.54, 1.807) is 0 Å². The van der Waals surface area contributed by atoms with E-state index in [0.717, 1.165) is 5.33 Å². The van der Waals surface area contributed by atoms with Crippen LogP contribution >= 0.6 is 15.9 Å². The molecule has 0 bridgehead atoms. The van der Waals surface area contributed by atoms with E-state index in [2.05, 4.69) is 36.7 Å². The van der Waals surface area contributed by atoms with Crippen molar-refractivity contribution in [1.29, 1.82) is 0 Å². The van der Waals surface area contributed by atoms with Crippen LogP contribution in [0.3, 0.4) is 0 Å². The number of hydrogen-bond donors (Lipinski definition) is 1. The number of alkyl halides is 1. The van der Waals surface area contributed by atoms with Gasteiger partial charge in [-0.25, -0.2) is 0 Å². The van der Waals surface area contributed by atoms with E-state index in [1.165, 1.54) is 0 Å². The summed E-state index contributed by atoms with van der Waals surface area (Å²) in [6, 6.07) is 0. The van der Waals surface area contributed by atoms with Gasteiger partial charge in [0, 0.05) is 11.9 Å². The highest BCUT2D eigenvalue weighted by Crippen LogP contribution is 2.26. The van der Waals surface area contributed by atoms with Crippen molar-refractivity contribution >= 4 is 15.9 Å². The van der Waals surface area contributed by atoms with E-state index in [1.807, 2.05) is 0 Å². The summed E-state index contributed by atoms with van der Waals surface area (Å²) in [6.07, 6.45) is 0. The van der Waals surface area contributed by atoms with Crippen LogP contribution in [0.5, 0.6) is 0 Å². The van der Waals surface area contributed by atoms with Gasteiger partial charge in [0.25, 0.3) is 0 Å². The molecule has 0 rings (SSSR count). The first-order valence-electron chi connectivity index (χ1n) is 3.21. The molecule has 1 atom stereocenters. The van der Waals surface area contributed by atoms with Gasteiger partial charge >= 0.3 is 0 Å². The fraction of sp³-hybridized carbons (Fsp3) is 1.00. The number of halogens is 1. The lowest BCUT2D eigenvalue weighted by Gasteiger charge is -2.27. The summed E-state index contributed by atoms with van der Waals surface area (Å²) in [4.78, 5) is 0. The second-order valence-corrected chi connectivity index (χ2v) is 3.85. The lowest BCUT2D eigenvalue weighted by atomic mass is 9.82. The molecule has 0 aliphatic heterocycles. The molecule has 0 aromatic rings. The zero-order valence-corrected chi connectivity index (χ0v) is 7.90. The van der Waals surface area contributed by atoms with Crippen molar-refractivity contribution in [1.82, 2.24) is 0 Å². The second kappa shape index (κ2) is 3.57. The molecular formula is C7H15BrO. The summed E-state index contributed by atoms with van der Waals surface area (Å²) < 4.78 is 0. The fourth-order valence-electron chi connectivity index (χ4n) is 0.365. The summed E-state index contributed by atoms with van der Waals surface area (Å²) in [5.74, 6) is 0.530. The molecular weight excluding hydrogens is 180 g/mol. The van der Waals surface area contributed by atoms with Crippen LogP contribution in [0.4, 0.5) is 0 Å². The van der Waals surface area contributed by atoms with Crippen LogP contribution in [-0.4, -0.2) is 17.0 Å². The molecule has 56 valence electrons. The Hall–Kier alpha value is 0.440. The van der Waals surface area contributed by atoms with Crippen LogP contribution in [0.2, 0.25) is 0 Å². The Balaban J connectivity index is 3.80. The molecule has 0 radical (unpaired) electrons. The first-order chi connectivity index (χ1) is 4.04. The highest BCUT2D eigenvalue weighted by atomic mass is 79.9. The molecule has 0 aliphatic carbocycles. The van der Waals surface area contributed by atoms with E-state index in [4.69, 9.17) is 5.11 Å².